The third kappa shape index (κ3) is 29.7. The Bertz CT molecular complexity index is 5320. The zero-order chi connectivity index (χ0) is 100. The Balaban J connectivity index is 1.11. The van der Waals surface area contributed by atoms with Gasteiger partial charge in [0.25, 0.3) is 0 Å². The number of likely N-dealkylation sites (N-methyl/N-ethyl adjacent to an activating group) is 3. The molecule has 3 saturated heterocycles. The van der Waals surface area contributed by atoms with Gasteiger partial charge in [0.05, 0.1) is 44.7 Å². The quantitative estimate of drug-likeness (QED) is 0.0235. The number of imidazole rings is 1. The van der Waals surface area contributed by atoms with Gasteiger partial charge in [-0.1, -0.05) is 88.1 Å². The molecule has 15 atom stereocenters. The topological polar surface area (TPSA) is 669 Å². The highest BCUT2D eigenvalue weighted by molar-refractivity contribution is 8.00. The lowest BCUT2D eigenvalue weighted by atomic mass is 9.99. The first-order valence-electron chi connectivity index (χ1n) is 45.4. The summed E-state index contributed by atoms with van der Waals surface area (Å²) in [6.07, 6.45) is 0.107. The molecule has 3 aliphatic heterocycles. The molecular weight excluding hydrogens is 1800 g/mol. The molecule has 9 rings (SSSR count). The largest absolute Gasteiger partial charge is 0.497 e. The molecule has 742 valence electrons. The summed E-state index contributed by atoms with van der Waals surface area (Å²) in [7, 11) is 5.27. The van der Waals surface area contributed by atoms with Crippen LogP contribution in [0.4, 0.5) is 0 Å². The molecule has 6 aromatic rings. The lowest BCUT2D eigenvalue weighted by Crippen LogP contribution is -2.61. The number of aromatic nitrogens is 4. The number of thioether (sulfide) groups is 1. The van der Waals surface area contributed by atoms with Crippen molar-refractivity contribution in [3.63, 3.8) is 0 Å². The molecular formula is C91H124N22O23S. The number of nitrogens with two attached hydrogens (primary N) is 3. The number of amides is 17. The average molecular weight is 1930 g/mol. The molecule has 137 heavy (non-hydrogen) atoms. The van der Waals surface area contributed by atoms with E-state index in [1.54, 1.807) is 79.0 Å². The van der Waals surface area contributed by atoms with Gasteiger partial charge in [-0.2, -0.15) is 0 Å². The van der Waals surface area contributed by atoms with Gasteiger partial charge >= 0.3 is 11.9 Å². The molecule has 17 amide bonds. The molecule has 0 spiro atoms. The predicted octanol–water partition coefficient (Wildman–Crippen LogP) is -2.85. The molecule has 3 aliphatic rings. The number of aliphatic carboxylic acids is 2. The minimum Gasteiger partial charge on any atom is -0.497 e. The van der Waals surface area contributed by atoms with Crippen LogP contribution in [-0.2, 0) is 117 Å². The number of ether oxygens (including phenoxy) is 1. The maximum Gasteiger partial charge on any atom is 0.305 e. The van der Waals surface area contributed by atoms with Crippen LogP contribution in [0.25, 0.3) is 21.8 Å². The van der Waals surface area contributed by atoms with E-state index in [2.05, 4.69) is 73.1 Å². The van der Waals surface area contributed by atoms with Crippen molar-refractivity contribution in [1.29, 1.82) is 0 Å². The number of unbranched alkanes of at least 4 members (excludes halogenated alkanes) is 2. The number of nitrogens with one attached hydrogen (secondary N) is 13. The first-order valence-corrected chi connectivity index (χ1v) is 46.6. The van der Waals surface area contributed by atoms with Crippen LogP contribution >= 0.6 is 11.8 Å². The number of para-hydroxylation sites is 2. The van der Waals surface area contributed by atoms with Crippen LogP contribution in [-0.4, -0.2) is 329 Å². The van der Waals surface area contributed by atoms with Crippen LogP contribution in [0.1, 0.15) is 139 Å². The van der Waals surface area contributed by atoms with E-state index in [4.69, 9.17) is 21.9 Å². The van der Waals surface area contributed by atoms with Crippen molar-refractivity contribution in [2.75, 3.05) is 65.9 Å². The number of rotatable bonds is 28. The van der Waals surface area contributed by atoms with Gasteiger partial charge in [-0.25, -0.2) is 4.98 Å². The number of nitrogens with zero attached hydrogens (tertiary/aromatic N) is 6. The molecule has 46 heteroatoms. The molecule has 3 aromatic carbocycles. The Hall–Kier alpha value is -14.1. The Morgan fingerprint density at radius 3 is 1.66 bits per heavy atom. The van der Waals surface area contributed by atoms with Gasteiger partial charge in [0.2, 0.25) is 100 Å². The number of aliphatic hydroxyl groups is 1. The number of aromatic amines is 3. The second kappa shape index (κ2) is 51.0. The van der Waals surface area contributed by atoms with Crippen molar-refractivity contribution >= 4 is 146 Å². The van der Waals surface area contributed by atoms with Gasteiger partial charge in [-0.05, 0) is 99.4 Å². The summed E-state index contributed by atoms with van der Waals surface area (Å²) in [5.41, 5.74) is 19.8. The Labute approximate surface area is 793 Å². The molecule has 1 unspecified atom stereocenters. The van der Waals surface area contributed by atoms with Gasteiger partial charge < -0.3 is 130 Å². The summed E-state index contributed by atoms with van der Waals surface area (Å²) >= 11 is 0.774. The molecule has 45 nitrogen and oxygen atoms in total. The number of carboxylic acids is 2. The lowest BCUT2D eigenvalue weighted by Gasteiger charge is -2.36. The van der Waals surface area contributed by atoms with E-state index in [1.165, 1.54) is 53.9 Å². The number of methoxy groups -OCH3 is 1. The fraction of sp³-hybridized carbons (Fsp3) is 0.516. The summed E-state index contributed by atoms with van der Waals surface area (Å²) in [6, 6.07) is -3.09. The van der Waals surface area contributed by atoms with Crippen LogP contribution in [0.3, 0.4) is 0 Å². The van der Waals surface area contributed by atoms with Crippen LogP contribution in [0.15, 0.2) is 97.7 Å². The first-order chi connectivity index (χ1) is 65.3. The van der Waals surface area contributed by atoms with Crippen LogP contribution in [0, 0.1) is 0 Å². The molecule has 0 bridgehead atoms. The number of hydrogen-bond donors (Lipinski definition) is 19. The van der Waals surface area contributed by atoms with Crippen LogP contribution < -0.4 is 75.1 Å². The van der Waals surface area contributed by atoms with Crippen molar-refractivity contribution in [3.05, 3.63) is 120 Å². The van der Waals surface area contributed by atoms with Crippen LogP contribution in [0.5, 0.6) is 5.75 Å². The van der Waals surface area contributed by atoms with Crippen molar-refractivity contribution in [3.8, 4) is 5.75 Å². The highest BCUT2D eigenvalue weighted by atomic mass is 32.2. The molecule has 0 aliphatic carbocycles. The van der Waals surface area contributed by atoms with E-state index in [0.717, 1.165) is 36.3 Å². The van der Waals surface area contributed by atoms with Crippen molar-refractivity contribution in [2.45, 2.75) is 233 Å². The standard InChI is InChI=1S/C91H124N22O23S/c1-8-10-23-69-84(128)101-60(22-16-32-92)80(124)108-68(79(123)98-44-74(94)116)46-137-47-75(117)100-65(34-50-26-28-55(136-7)29-27-50)87(131)109(4)49(3)78(122)106-67(39-73(93)115)90(134)112-33-17-25-70(112)85(129)105-63(37-53-43-95-48-99-53)82(126)102-61(30-31-76(118)119)89(133)113-45-54(114)38-72(113)86(130)104-62(35-51-41-96-58-20-14-12-18-56(51)58)81(125)103-64(40-77(120)121)83(127)107-66(36-52-42-97-59-21-15-13-19-57(52)59)88(132)111(6)71(24-11-9-2)91(135)110(69)5/h12-15,18-21,26-29,41-43,48-49,54,60-72,96-97,114H,8-11,16-17,22-25,30-40,44-47,92H2,1-7H3,(H2,93,115)(H2,94,116)(H,95,99)(H,98,123)(H,100,117)(H,101,128)(H,102,126)(H,103,125)(H,104,130)(H,105,129)(H,106,122)(H,107,127)(H,108,124)(H,118,119)(H,120,121)/t49-,54+,60-,61-,62-,63-,64?,65-,66-,67-,68-,69-,70-,71-,72-/m0/s1. The predicted molar refractivity (Wildman–Crippen MR) is 496 cm³/mol. The zero-order valence-corrected chi connectivity index (χ0v) is 78.2. The Morgan fingerprint density at radius 1 is 0.526 bits per heavy atom. The van der Waals surface area contributed by atoms with E-state index in [0.29, 0.717) is 69.9 Å². The number of benzene rings is 3. The highest BCUT2D eigenvalue weighted by Gasteiger charge is 2.47. The van der Waals surface area contributed by atoms with Gasteiger partial charge in [-0.3, -0.25) is 91.1 Å². The Kier molecular flexibility index (Phi) is 39.7. The van der Waals surface area contributed by atoms with Crippen LogP contribution in [0.2, 0.25) is 0 Å². The fourth-order valence-electron chi connectivity index (χ4n) is 16.7. The third-order valence-corrected chi connectivity index (χ3v) is 25.4. The van der Waals surface area contributed by atoms with Gasteiger partial charge in [0.15, 0.2) is 0 Å². The van der Waals surface area contributed by atoms with E-state index >= 15 is 38.4 Å². The minimum atomic E-state index is -2.09. The number of H-pyrrole nitrogens is 3. The van der Waals surface area contributed by atoms with E-state index in [-0.39, 0.29) is 70.2 Å². The van der Waals surface area contributed by atoms with Gasteiger partial charge in [0, 0.05) is 125 Å². The zero-order valence-electron chi connectivity index (χ0n) is 77.4. The van der Waals surface area contributed by atoms with Crippen molar-refractivity contribution in [2.24, 2.45) is 17.2 Å². The number of hydrogen-bond acceptors (Lipinski definition) is 24. The lowest BCUT2D eigenvalue weighted by molar-refractivity contribution is -0.149. The summed E-state index contributed by atoms with van der Waals surface area (Å²) in [5.74, 6) is -20.9. The minimum absolute atomic E-state index is 0.0169. The number of primary amides is 2. The third-order valence-electron chi connectivity index (χ3n) is 24.4. The van der Waals surface area contributed by atoms with E-state index < -0.39 is 273 Å². The molecule has 6 heterocycles. The maximum atomic E-state index is 15.8. The molecule has 3 aromatic heterocycles. The van der Waals surface area contributed by atoms with Crippen molar-refractivity contribution in [1.82, 2.24) is 97.6 Å². The summed E-state index contributed by atoms with van der Waals surface area (Å²) in [6.45, 7) is 3.37. The number of carbonyl (C=O) groups is 19. The number of carbonyl (C=O) groups excluding carboxylic acids is 17. The van der Waals surface area contributed by atoms with E-state index in [9.17, 15) is 68.1 Å². The molecule has 0 radical (unpaired) electrons. The number of fused-ring (bicyclic) bond motifs is 4. The van der Waals surface area contributed by atoms with E-state index in [1.807, 2.05) is 13.8 Å². The van der Waals surface area contributed by atoms with Gasteiger partial charge in [0.1, 0.15) is 90.3 Å². The summed E-state index contributed by atoms with van der Waals surface area (Å²) < 4.78 is 5.34. The normalized spacial score (nSPS) is 24.5. The second-order valence-corrected chi connectivity index (χ2v) is 35.4. The molecule has 0 saturated carbocycles. The summed E-state index contributed by atoms with van der Waals surface area (Å²) in [5, 5.41) is 59.1. The first kappa shape index (κ1) is 107. The van der Waals surface area contributed by atoms with Gasteiger partial charge in [-0.15, -0.1) is 11.8 Å². The SMILES string of the molecule is CCCC[C@H]1C(=O)N(C)[C@@H](CCCC)C(=O)N[C@@H](CCCN)C(=O)N[C@H](C(=O)NCC(N)=O)CSCC(=O)N[C@@H](Cc2ccc(OC)cc2)C(=O)N(C)[C@@H](C)C(=O)N[C@@H](CC(N)=O)C(=O)N2CCC[C@H]2C(=O)N[C@@H](Cc2cnc[nH]2)C(=O)N[C@@H](CCC(=O)O)C(=O)N2C[C@H](O)C[C@H]2C(=O)N[C@@H](Cc2c[nH]c3ccccc23)C(=O)NC(CC(=O)O)C(=O)N[C@@H](Cc2c[nH]c3ccccc23)C(=O)N1C. The highest BCUT2D eigenvalue weighted by Crippen LogP contribution is 2.28. The Morgan fingerprint density at radius 2 is 1.07 bits per heavy atom. The number of aliphatic hydroxyl groups excluding tert-OH is 1. The fourth-order valence-corrected chi connectivity index (χ4v) is 17.6. The molecule has 22 N–H and O–H groups in total. The summed E-state index contributed by atoms with van der Waals surface area (Å²) in [4.78, 5) is 294. The van der Waals surface area contributed by atoms with Crippen molar-refractivity contribution < 1.29 is 111 Å². The monoisotopic (exact) mass is 1920 g/mol. The maximum absolute atomic E-state index is 15.8. The molecule has 3 fully saturated rings. The smallest absolute Gasteiger partial charge is 0.305 e. The number of carboxylic acid groups (broad SMARTS) is 2. The second-order valence-electron chi connectivity index (χ2n) is 34.3. The average Bonchev–Trinajstić information content (AvgIpc) is 1.77.